The lowest BCUT2D eigenvalue weighted by molar-refractivity contribution is -0.153. The molecule has 0 aliphatic heterocycles. The second kappa shape index (κ2) is 5.25. The zero-order chi connectivity index (χ0) is 14.0. The molecule has 0 spiro atoms. The Balaban J connectivity index is 2.32. The van der Waals surface area contributed by atoms with Crippen LogP contribution < -0.4 is 5.73 Å². The van der Waals surface area contributed by atoms with Crippen LogP contribution in [-0.4, -0.2) is 19.6 Å². The predicted molar refractivity (Wildman–Crippen MR) is 66.3 cm³/mol. The second-order valence-corrected chi connectivity index (χ2v) is 5.04. The lowest BCUT2D eigenvalue weighted by atomic mass is 9.77. The summed E-state index contributed by atoms with van der Waals surface area (Å²) in [4.78, 5) is 12.0. The van der Waals surface area contributed by atoms with E-state index in [2.05, 4.69) is 0 Å². The molecule has 2 rings (SSSR count). The van der Waals surface area contributed by atoms with Gasteiger partial charge in [-0.3, -0.25) is 4.79 Å². The number of methoxy groups -OCH3 is 1. The van der Waals surface area contributed by atoms with Gasteiger partial charge in [0.1, 0.15) is 11.6 Å². The fraction of sp³-hybridized carbons (Fsp3) is 0.500. The van der Waals surface area contributed by atoms with Crippen molar-refractivity contribution in [2.75, 3.05) is 13.7 Å². The van der Waals surface area contributed by atoms with Gasteiger partial charge in [0.25, 0.3) is 0 Å². The molecule has 1 aliphatic rings. The molecule has 0 heterocycles. The Kier molecular flexibility index (Phi) is 3.85. The van der Waals surface area contributed by atoms with Crippen LogP contribution in [0.1, 0.15) is 18.4 Å². The van der Waals surface area contributed by atoms with Gasteiger partial charge in [0.15, 0.2) is 0 Å². The fourth-order valence-electron chi connectivity index (χ4n) is 2.55. The molecule has 3 nitrogen and oxygen atoms in total. The molecule has 0 saturated heterocycles. The van der Waals surface area contributed by atoms with Crippen LogP contribution in [0.3, 0.4) is 0 Å². The first kappa shape index (κ1) is 13.9. The highest BCUT2D eigenvalue weighted by Gasteiger charge is 2.51. The van der Waals surface area contributed by atoms with Gasteiger partial charge in [-0.1, -0.05) is 6.07 Å². The normalized spacial score (nSPS) is 17.9. The van der Waals surface area contributed by atoms with Gasteiger partial charge in [0.2, 0.25) is 0 Å². The maximum atomic E-state index is 13.7. The van der Waals surface area contributed by atoms with Gasteiger partial charge < -0.3 is 10.5 Å². The monoisotopic (exact) mass is 269 g/mol. The zero-order valence-electron chi connectivity index (χ0n) is 10.8. The van der Waals surface area contributed by atoms with Gasteiger partial charge in [0, 0.05) is 12.6 Å². The average molecular weight is 269 g/mol. The summed E-state index contributed by atoms with van der Waals surface area (Å²) in [5.41, 5.74) is 5.16. The minimum Gasteiger partial charge on any atom is -0.469 e. The maximum Gasteiger partial charge on any atom is 0.313 e. The molecule has 5 heteroatoms. The van der Waals surface area contributed by atoms with Crippen molar-refractivity contribution in [2.24, 2.45) is 17.1 Å². The van der Waals surface area contributed by atoms with E-state index in [1.807, 2.05) is 0 Å². The van der Waals surface area contributed by atoms with E-state index in [1.165, 1.54) is 19.2 Å². The van der Waals surface area contributed by atoms with Crippen molar-refractivity contribution >= 4 is 5.97 Å². The number of ether oxygens (including phenoxy) is 1. The summed E-state index contributed by atoms with van der Waals surface area (Å²) in [5.74, 6) is -1.58. The standard InChI is InChI=1S/C14H17F2NO2/c1-19-13(18)14(8-17,10-3-4-10)7-9-2-5-11(15)6-12(9)16/h2,5-6,10H,3-4,7-8,17H2,1H3. The highest BCUT2D eigenvalue weighted by atomic mass is 19.1. The van der Waals surface area contributed by atoms with Crippen LogP contribution in [0, 0.1) is 23.0 Å². The number of carbonyl (C=O) groups excluding carboxylic acids is 1. The number of halogens is 2. The third-order valence-corrected chi connectivity index (χ3v) is 3.84. The summed E-state index contributed by atoms with van der Waals surface area (Å²) in [6.45, 7) is 0.0984. The number of carbonyl (C=O) groups is 1. The van der Waals surface area contributed by atoms with E-state index < -0.39 is 23.0 Å². The number of hydrogen-bond acceptors (Lipinski definition) is 3. The molecule has 2 N–H and O–H groups in total. The van der Waals surface area contributed by atoms with Crippen LogP contribution >= 0.6 is 0 Å². The van der Waals surface area contributed by atoms with E-state index in [0.717, 1.165) is 18.9 Å². The van der Waals surface area contributed by atoms with E-state index in [4.69, 9.17) is 10.5 Å². The average Bonchev–Trinajstić information content (AvgIpc) is 3.22. The number of rotatable bonds is 5. The SMILES string of the molecule is COC(=O)C(CN)(Cc1ccc(F)cc1F)C1CC1. The van der Waals surface area contributed by atoms with Crippen LogP contribution in [0.5, 0.6) is 0 Å². The third-order valence-electron chi connectivity index (χ3n) is 3.84. The summed E-state index contributed by atoms with van der Waals surface area (Å²) < 4.78 is 31.5. The van der Waals surface area contributed by atoms with Crippen molar-refractivity contribution in [3.63, 3.8) is 0 Å². The summed E-state index contributed by atoms with van der Waals surface area (Å²) in [7, 11) is 1.30. The van der Waals surface area contributed by atoms with Crippen molar-refractivity contribution in [1.29, 1.82) is 0 Å². The summed E-state index contributed by atoms with van der Waals surface area (Å²) in [6, 6.07) is 3.37. The number of hydrogen-bond donors (Lipinski definition) is 1. The Morgan fingerprint density at radius 1 is 1.47 bits per heavy atom. The summed E-state index contributed by atoms with van der Waals surface area (Å²) >= 11 is 0. The van der Waals surface area contributed by atoms with Crippen molar-refractivity contribution in [2.45, 2.75) is 19.3 Å². The van der Waals surface area contributed by atoms with E-state index in [9.17, 15) is 13.6 Å². The highest BCUT2D eigenvalue weighted by molar-refractivity contribution is 5.78. The van der Waals surface area contributed by atoms with Crippen molar-refractivity contribution in [3.05, 3.63) is 35.4 Å². The summed E-state index contributed by atoms with van der Waals surface area (Å²) in [6.07, 6.45) is 1.91. The smallest absolute Gasteiger partial charge is 0.313 e. The molecule has 19 heavy (non-hydrogen) atoms. The third kappa shape index (κ3) is 2.61. The fourth-order valence-corrected chi connectivity index (χ4v) is 2.55. The molecular formula is C14H17F2NO2. The van der Waals surface area contributed by atoms with Gasteiger partial charge in [-0.25, -0.2) is 8.78 Å². The van der Waals surface area contributed by atoms with Crippen molar-refractivity contribution in [3.8, 4) is 0 Å². The van der Waals surface area contributed by atoms with Gasteiger partial charge in [0.05, 0.1) is 12.5 Å². The van der Waals surface area contributed by atoms with Crippen LogP contribution in [0.4, 0.5) is 8.78 Å². The minimum absolute atomic E-state index is 0.0984. The van der Waals surface area contributed by atoms with Crippen molar-refractivity contribution in [1.82, 2.24) is 0 Å². The molecule has 1 aromatic rings. The number of esters is 1. The molecule has 1 aliphatic carbocycles. The lowest BCUT2D eigenvalue weighted by Gasteiger charge is -2.29. The van der Waals surface area contributed by atoms with Crippen LogP contribution in [0.2, 0.25) is 0 Å². The van der Waals surface area contributed by atoms with Crippen LogP contribution in [0.15, 0.2) is 18.2 Å². The molecule has 0 bridgehead atoms. The number of nitrogens with two attached hydrogens (primary N) is 1. The second-order valence-electron chi connectivity index (χ2n) is 5.04. The Labute approximate surface area is 110 Å². The van der Waals surface area contributed by atoms with Gasteiger partial charge in [-0.2, -0.15) is 0 Å². The molecule has 1 fully saturated rings. The van der Waals surface area contributed by atoms with Gasteiger partial charge >= 0.3 is 5.97 Å². The first-order chi connectivity index (χ1) is 9.03. The minimum atomic E-state index is -0.895. The van der Waals surface area contributed by atoms with E-state index in [0.29, 0.717) is 5.56 Å². The maximum absolute atomic E-state index is 13.7. The van der Waals surface area contributed by atoms with Crippen molar-refractivity contribution < 1.29 is 18.3 Å². The Morgan fingerprint density at radius 3 is 2.63 bits per heavy atom. The largest absolute Gasteiger partial charge is 0.469 e. The highest BCUT2D eigenvalue weighted by Crippen LogP contribution is 2.48. The van der Waals surface area contributed by atoms with Gasteiger partial charge in [-0.05, 0) is 36.8 Å². The molecule has 0 radical (unpaired) electrons. The van der Waals surface area contributed by atoms with Gasteiger partial charge in [-0.15, -0.1) is 0 Å². The molecule has 1 aromatic carbocycles. The quantitative estimate of drug-likeness (QED) is 0.832. The molecule has 1 unspecified atom stereocenters. The molecule has 0 aromatic heterocycles. The van der Waals surface area contributed by atoms with Crippen LogP contribution in [-0.2, 0) is 16.0 Å². The summed E-state index contributed by atoms with van der Waals surface area (Å²) in [5, 5.41) is 0. The molecule has 1 atom stereocenters. The van der Waals surface area contributed by atoms with E-state index in [-0.39, 0.29) is 18.9 Å². The Morgan fingerprint density at radius 2 is 2.16 bits per heavy atom. The lowest BCUT2D eigenvalue weighted by Crippen LogP contribution is -2.43. The first-order valence-corrected chi connectivity index (χ1v) is 6.26. The molecule has 1 saturated carbocycles. The molecule has 0 amide bonds. The van der Waals surface area contributed by atoms with E-state index in [1.54, 1.807) is 0 Å². The molecule has 104 valence electrons. The topological polar surface area (TPSA) is 52.3 Å². The van der Waals surface area contributed by atoms with E-state index >= 15 is 0 Å². The predicted octanol–water partition coefficient (Wildman–Crippen LogP) is 2.04. The Bertz CT molecular complexity index is 488. The first-order valence-electron chi connectivity index (χ1n) is 6.26. The molecular weight excluding hydrogens is 252 g/mol. The number of benzene rings is 1. The van der Waals surface area contributed by atoms with Crippen LogP contribution in [0.25, 0.3) is 0 Å². The Hall–Kier alpha value is -1.49. The zero-order valence-corrected chi connectivity index (χ0v) is 10.8.